The van der Waals surface area contributed by atoms with Crippen molar-refractivity contribution < 1.29 is 31.1 Å². The van der Waals surface area contributed by atoms with Crippen LogP contribution in [0.3, 0.4) is 0 Å². The average molecular weight is 471 g/mol. The fraction of sp³-hybridized carbons (Fsp3) is 0.409. The highest BCUT2D eigenvalue weighted by Gasteiger charge is 2.31. The highest BCUT2D eigenvalue weighted by atomic mass is 32.2. The molecule has 1 N–H and O–H groups in total. The van der Waals surface area contributed by atoms with Crippen molar-refractivity contribution in [2.45, 2.75) is 43.4 Å². The van der Waals surface area contributed by atoms with Gasteiger partial charge in [-0.3, -0.25) is 9.52 Å². The lowest BCUT2D eigenvalue weighted by Crippen LogP contribution is -2.43. The van der Waals surface area contributed by atoms with E-state index in [0.717, 1.165) is 37.5 Å². The Kier molecular flexibility index (Phi) is 7.45. The number of alkyl halides is 3. The van der Waals surface area contributed by atoms with E-state index in [9.17, 15) is 26.4 Å². The second kappa shape index (κ2) is 9.91. The van der Waals surface area contributed by atoms with Crippen molar-refractivity contribution in [3.05, 3.63) is 59.7 Å². The number of halogens is 3. The summed E-state index contributed by atoms with van der Waals surface area (Å²) in [6, 6.07) is 9.27. The van der Waals surface area contributed by atoms with Gasteiger partial charge >= 0.3 is 6.18 Å². The van der Waals surface area contributed by atoms with Crippen molar-refractivity contribution >= 4 is 21.6 Å². The molecular formula is C22H25F3N2O4S. The van der Waals surface area contributed by atoms with Gasteiger partial charge in [0.15, 0.2) is 0 Å². The standard InChI is InChI=1S/C22H25F3N2O4S/c1-2-13-31-19-7-4-12-27(15-19)21(28)16-8-10-20(11-9-16)32(29,30)26-18-6-3-5-17(14-18)22(23,24)25/h3,5-6,8-11,14,19,26H,2,4,7,12-13,15H2,1H3. The normalized spacial score (nSPS) is 17.2. The van der Waals surface area contributed by atoms with E-state index >= 15 is 0 Å². The third-order valence-corrected chi connectivity index (χ3v) is 6.47. The van der Waals surface area contributed by atoms with Crippen LogP contribution in [0, 0.1) is 0 Å². The number of likely N-dealkylation sites (tertiary alicyclic amines) is 1. The molecule has 1 atom stereocenters. The molecule has 1 fully saturated rings. The Labute approximate surface area is 185 Å². The van der Waals surface area contributed by atoms with Crippen LogP contribution < -0.4 is 4.72 Å². The van der Waals surface area contributed by atoms with Gasteiger partial charge in [-0.25, -0.2) is 8.42 Å². The van der Waals surface area contributed by atoms with Crippen molar-refractivity contribution in [1.29, 1.82) is 0 Å². The molecule has 0 spiro atoms. The van der Waals surface area contributed by atoms with Crippen LogP contribution in [0.1, 0.15) is 42.1 Å². The zero-order valence-corrected chi connectivity index (χ0v) is 18.4. The van der Waals surface area contributed by atoms with Crippen LogP contribution in [0.25, 0.3) is 0 Å². The maximum Gasteiger partial charge on any atom is 0.416 e. The van der Waals surface area contributed by atoms with Crippen molar-refractivity contribution in [2.75, 3.05) is 24.4 Å². The number of carbonyl (C=O) groups is 1. The minimum absolute atomic E-state index is 0.0102. The summed E-state index contributed by atoms with van der Waals surface area (Å²) in [5.74, 6) is -0.218. The number of anilines is 1. The molecule has 1 aliphatic heterocycles. The highest BCUT2D eigenvalue weighted by molar-refractivity contribution is 7.92. The first-order chi connectivity index (χ1) is 15.1. The number of amides is 1. The Morgan fingerprint density at radius 2 is 1.91 bits per heavy atom. The number of hydrogen-bond acceptors (Lipinski definition) is 4. The van der Waals surface area contributed by atoms with Crippen LogP contribution in [0.5, 0.6) is 0 Å². The first-order valence-electron chi connectivity index (χ1n) is 10.3. The van der Waals surface area contributed by atoms with Gasteiger partial charge in [-0.15, -0.1) is 0 Å². The van der Waals surface area contributed by atoms with E-state index < -0.39 is 21.8 Å². The summed E-state index contributed by atoms with van der Waals surface area (Å²) in [6.45, 7) is 3.74. The molecule has 1 aliphatic rings. The molecule has 2 aromatic rings. The predicted octanol–water partition coefficient (Wildman–Crippen LogP) is 4.54. The quantitative estimate of drug-likeness (QED) is 0.645. The minimum atomic E-state index is -4.58. The number of sulfonamides is 1. The molecule has 1 saturated heterocycles. The molecule has 0 aromatic heterocycles. The minimum Gasteiger partial charge on any atom is -0.376 e. The molecular weight excluding hydrogens is 445 g/mol. The molecule has 0 aliphatic carbocycles. The molecule has 174 valence electrons. The van der Waals surface area contributed by atoms with Crippen LogP contribution in [0.2, 0.25) is 0 Å². The van der Waals surface area contributed by atoms with E-state index in [1.807, 2.05) is 6.92 Å². The number of nitrogens with zero attached hydrogens (tertiary/aromatic N) is 1. The molecule has 10 heteroatoms. The van der Waals surface area contributed by atoms with Crippen LogP contribution in [0.15, 0.2) is 53.4 Å². The van der Waals surface area contributed by atoms with E-state index in [4.69, 9.17) is 4.74 Å². The lowest BCUT2D eigenvalue weighted by molar-refractivity contribution is -0.137. The zero-order chi connectivity index (χ0) is 23.4. The second-order valence-electron chi connectivity index (χ2n) is 7.59. The highest BCUT2D eigenvalue weighted by Crippen LogP contribution is 2.31. The molecule has 1 heterocycles. The number of benzene rings is 2. The van der Waals surface area contributed by atoms with E-state index in [2.05, 4.69) is 4.72 Å². The molecule has 1 unspecified atom stereocenters. The fourth-order valence-corrected chi connectivity index (χ4v) is 4.53. The van der Waals surface area contributed by atoms with E-state index in [1.54, 1.807) is 4.90 Å². The van der Waals surface area contributed by atoms with Gasteiger partial charge in [-0.05, 0) is 61.7 Å². The van der Waals surface area contributed by atoms with Gasteiger partial charge < -0.3 is 9.64 Å². The molecule has 32 heavy (non-hydrogen) atoms. The van der Waals surface area contributed by atoms with Crippen molar-refractivity contribution in [3.63, 3.8) is 0 Å². The maximum atomic E-state index is 12.9. The number of nitrogens with one attached hydrogen (secondary N) is 1. The Hall–Kier alpha value is -2.59. The summed E-state index contributed by atoms with van der Waals surface area (Å²) in [7, 11) is -4.12. The Morgan fingerprint density at radius 1 is 1.19 bits per heavy atom. The van der Waals surface area contributed by atoms with E-state index in [1.165, 1.54) is 30.3 Å². The first-order valence-corrected chi connectivity index (χ1v) is 11.8. The van der Waals surface area contributed by atoms with Gasteiger partial charge in [0.05, 0.1) is 16.6 Å². The number of rotatable bonds is 7. The summed E-state index contributed by atoms with van der Waals surface area (Å²) in [5.41, 5.74) is -0.827. The average Bonchev–Trinajstić information content (AvgIpc) is 2.77. The van der Waals surface area contributed by atoms with Gasteiger partial charge in [0, 0.05) is 30.9 Å². The summed E-state index contributed by atoms with van der Waals surface area (Å²) in [5, 5.41) is 0. The lowest BCUT2D eigenvalue weighted by Gasteiger charge is -2.32. The Bertz CT molecular complexity index is 1040. The van der Waals surface area contributed by atoms with Crippen LogP contribution in [0.4, 0.5) is 18.9 Å². The van der Waals surface area contributed by atoms with Crippen LogP contribution >= 0.6 is 0 Å². The summed E-state index contributed by atoms with van der Waals surface area (Å²) < 4.78 is 71.6. The molecule has 0 radical (unpaired) electrons. The van der Waals surface area contributed by atoms with E-state index in [0.29, 0.717) is 25.3 Å². The topological polar surface area (TPSA) is 75.7 Å². The monoisotopic (exact) mass is 470 g/mol. The molecule has 0 bridgehead atoms. The molecule has 1 amide bonds. The van der Waals surface area contributed by atoms with Gasteiger partial charge in [-0.1, -0.05) is 13.0 Å². The maximum absolute atomic E-state index is 12.9. The number of hydrogen-bond donors (Lipinski definition) is 1. The van der Waals surface area contributed by atoms with Gasteiger partial charge in [0.1, 0.15) is 0 Å². The van der Waals surface area contributed by atoms with Crippen molar-refractivity contribution in [2.24, 2.45) is 0 Å². The molecule has 3 rings (SSSR count). The van der Waals surface area contributed by atoms with Crippen molar-refractivity contribution in [1.82, 2.24) is 4.90 Å². The summed E-state index contributed by atoms with van der Waals surface area (Å²) in [6.07, 6.45) is -1.98. The smallest absolute Gasteiger partial charge is 0.376 e. The third kappa shape index (κ3) is 6.01. The van der Waals surface area contributed by atoms with Gasteiger partial charge in [0.2, 0.25) is 0 Å². The predicted molar refractivity (Wildman–Crippen MR) is 114 cm³/mol. The second-order valence-corrected chi connectivity index (χ2v) is 9.28. The van der Waals surface area contributed by atoms with Crippen LogP contribution in [-0.2, 0) is 20.9 Å². The first kappa shape index (κ1) is 24.1. The van der Waals surface area contributed by atoms with Crippen molar-refractivity contribution in [3.8, 4) is 0 Å². The SMILES string of the molecule is CCCOC1CCCN(C(=O)c2ccc(S(=O)(=O)Nc3cccc(C(F)(F)F)c3)cc2)C1. The number of carbonyl (C=O) groups excluding carboxylic acids is 1. The summed E-state index contributed by atoms with van der Waals surface area (Å²) in [4.78, 5) is 14.3. The van der Waals surface area contributed by atoms with E-state index in [-0.39, 0.29) is 22.6 Å². The molecule has 2 aromatic carbocycles. The van der Waals surface area contributed by atoms with Gasteiger partial charge in [-0.2, -0.15) is 13.2 Å². The Morgan fingerprint density at radius 3 is 2.56 bits per heavy atom. The molecule has 6 nitrogen and oxygen atoms in total. The largest absolute Gasteiger partial charge is 0.416 e. The van der Waals surface area contributed by atoms with Crippen LogP contribution in [-0.4, -0.2) is 45.0 Å². The molecule has 0 saturated carbocycles. The zero-order valence-electron chi connectivity index (χ0n) is 17.6. The van der Waals surface area contributed by atoms with Gasteiger partial charge in [0.25, 0.3) is 15.9 Å². The fourth-order valence-electron chi connectivity index (χ4n) is 3.48. The third-order valence-electron chi connectivity index (χ3n) is 5.08. The summed E-state index contributed by atoms with van der Waals surface area (Å²) >= 11 is 0. The number of ether oxygens (including phenoxy) is 1. The Balaban J connectivity index is 1.70. The number of piperidine rings is 1. The lowest BCUT2D eigenvalue weighted by atomic mass is 10.1.